The lowest BCUT2D eigenvalue weighted by atomic mass is 10.1. The van der Waals surface area contributed by atoms with Crippen LogP contribution in [0.3, 0.4) is 0 Å². The number of fused-ring (bicyclic) bond motifs is 1. The summed E-state index contributed by atoms with van der Waals surface area (Å²) < 4.78 is 4.37. The topological polar surface area (TPSA) is 46.3 Å². The summed E-state index contributed by atoms with van der Waals surface area (Å²) in [5.41, 5.74) is 5.25. The van der Waals surface area contributed by atoms with Crippen molar-refractivity contribution in [1.82, 2.24) is 23.9 Å². The Kier molecular flexibility index (Phi) is 6.10. The second-order valence-electron chi connectivity index (χ2n) is 9.29. The van der Waals surface area contributed by atoms with Crippen LogP contribution in [0.15, 0.2) is 103 Å². The van der Waals surface area contributed by atoms with Crippen LogP contribution in [-0.4, -0.2) is 56.0 Å². The van der Waals surface area contributed by atoms with Gasteiger partial charge in [-0.25, -0.2) is 4.98 Å². The number of imidazole rings is 1. The highest BCUT2D eigenvalue weighted by Crippen LogP contribution is 2.20. The summed E-state index contributed by atoms with van der Waals surface area (Å²) in [6, 6.07) is 30.7. The van der Waals surface area contributed by atoms with E-state index in [9.17, 15) is 4.79 Å². The predicted molar refractivity (Wildman–Crippen MR) is 142 cm³/mol. The normalized spacial score (nSPS) is 14.4. The fraction of sp³-hybridized carbons (Fsp3) is 0.200. The van der Waals surface area contributed by atoms with Crippen LogP contribution in [0.2, 0.25) is 0 Å². The molecule has 5 aromatic rings. The van der Waals surface area contributed by atoms with E-state index in [0.29, 0.717) is 0 Å². The van der Waals surface area contributed by atoms with Crippen LogP contribution in [0.4, 0.5) is 0 Å². The lowest BCUT2D eigenvalue weighted by Gasteiger charge is -2.34. The van der Waals surface area contributed by atoms with Crippen molar-refractivity contribution < 1.29 is 4.79 Å². The Balaban J connectivity index is 1.13. The zero-order valence-electron chi connectivity index (χ0n) is 20.2. The fourth-order valence-corrected chi connectivity index (χ4v) is 4.96. The van der Waals surface area contributed by atoms with E-state index in [2.05, 4.69) is 51.9 Å². The van der Waals surface area contributed by atoms with Gasteiger partial charge in [0.05, 0.1) is 17.6 Å². The molecular weight excluding hydrogens is 446 g/mol. The molecule has 0 aliphatic carbocycles. The Morgan fingerprint density at radius 1 is 0.722 bits per heavy atom. The Morgan fingerprint density at radius 3 is 2.17 bits per heavy atom. The van der Waals surface area contributed by atoms with E-state index < -0.39 is 0 Å². The fourth-order valence-electron chi connectivity index (χ4n) is 4.96. The first-order chi connectivity index (χ1) is 17.7. The van der Waals surface area contributed by atoms with Crippen molar-refractivity contribution in [2.24, 2.45) is 0 Å². The number of carbonyl (C=O) groups excluding carboxylic acids is 1. The van der Waals surface area contributed by atoms with Gasteiger partial charge >= 0.3 is 0 Å². The summed E-state index contributed by atoms with van der Waals surface area (Å²) in [7, 11) is 0. The smallest absolute Gasteiger partial charge is 0.253 e. The third-order valence-corrected chi connectivity index (χ3v) is 6.96. The molecule has 0 saturated carbocycles. The molecule has 1 aliphatic rings. The summed E-state index contributed by atoms with van der Waals surface area (Å²) in [5.74, 6) is 1.17. The minimum absolute atomic E-state index is 0.102. The van der Waals surface area contributed by atoms with Gasteiger partial charge in [-0.15, -0.1) is 0 Å². The van der Waals surface area contributed by atoms with E-state index in [1.165, 1.54) is 5.56 Å². The zero-order chi connectivity index (χ0) is 24.3. The number of para-hydroxylation sites is 2. The van der Waals surface area contributed by atoms with Crippen LogP contribution >= 0.6 is 0 Å². The van der Waals surface area contributed by atoms with Crippen LogP contribution in [0, 0.1) is 0 Å². The molecule has 180 valence electrons. The number of carbonyl (C=O) groups is 1. The van der Waals surface area contributed by atoms with Crippen molar-refractivity contribution in [3.8, 4) is 5.69 Å². The van der Waals surface area contributed by atoms with Gasteiger partial charge in [-0.1, -0.05) is 42.5 Å². The molecule has 1 amide bonds. The summed E-state index contributed by atoms with van der Waals surface area (Å²) in [6.07, 6.45) is 4.01. The molecule has 1 fully saturated rings. The van der Waals surface area contributed by atoms with Gasteiger partial charge in [0.1, 0.15) is 5.82 Å². The molecule has 0 bridgehead atoms. The molecule has 1 saturated heterocycles. The third kappa shape index (κ3) is 4.55. The number of amides is 1. The second kappa shape index (κ2) is 9.84. The Hall–Kier alpha value is -4.16. The second-order valence-corrected chi connectivity index (χ2v) is 9.29. The van der Waals surface area contributed by atoms with Crippen LogP contribution in [0.1, 0.15) is 21.7 Å². The average molecular weight is 476 g/mol. The van der Waals surface area contributed by atoms with Gasteiger partial charge in [0.15, 0.2) is 0 Å². The van der Waals surface area contributed by atoms with Crippen molar-refractivity contribution in [3.05, 3.63) is 120 Å². The quantitative estimate of drug-likeness (QED) is 0.353. The highest BCUT2D eigenvalue weighted by Gasteiger charge is 2.24. The molecule has 3 heterocycles. The standard InChI is InChI=1S/C30H29N5O/c36-30(25-12-14-26(15-13-25)33-16-6-7-17-33)34-20-18-32(19-21-34)23-29-31-27-10-4-5-11-28(27)35(29)22-24-8-2-1-3-9-24/h1-17H,18-23H2. The number of nitrogens with zero attached hydrogens (tertiary/aromatic N) is 5. The lowest BCUT2D eigenvalue weighted by Crippen LogP contribution is -2.48. The maximum atomic E-state index is 13.1. The lowest BCUT2D eigenvalue weighted by molar-refractivity contribution is 0.0624. The molecule has 0 radical (unpaired) electrons. The molecule has 0 spiro atoms. The Bertz CT molecular complexity index is 1450. The molecule has 6 rings (SSSR count). The van der Waals surface area contributed by atoms with Gasteiger partial charge in [0.25, 0.3) is 5.91 Å². The first kappa shape index (κ1) is 22.3. The summed E-state index contributed by atoms with van der Waals surface area (Å²) in [6.45, 7) is 4.68. The van der Waals surface area contributed by atoms with Crippen molar-refractivity contribution in [1.29, 1.82) is 0 Å². The predicted octanol–water partition coefficient (Wildman–Crippen LogP) is 4.83. The highest BCUT2D eigenvalue weighted by molar-refractivity contribution is 5.94. The summed E-state index contributed by atoms with van der Waals surface area (Å²) in [4.78, 5) is 22.5. The number of benzene rings is 3. The number of rotatable bonds is 6. The van der Waals surface area contributed by atoms with Gasteiger partial charge in [0, 0.05) is 56.4 Å². The first-order valence-electron chi connectivity index (χ1n) is 12.5. The first-order valence-corrected chi connectivity index (χ1v) is 12.5. The van der Waals surface area contributed by atoms with Crippen molar-refractivity contribution in [2.45, 2.75) is 13.1 Å². The van der Waals surface area contributed by atoms with Crippen molar-refractivity contribution in [2.75, 3.05) is 26.2 Å². The van der Waals surface area contributed by atoms with Gasteiger partial charge in [-0.2, -0.15) is 0 Å². The summed E-state index contributed by atoms with van der Waals surface area (Å²) in [5, 5.41) is 0. The van der Waals surface area contributed by atoms with Crippen LogP contribution < -0.4 is 0 Å². The van der Waals surface area contributed by atoms with E-state index in [4.69, 9.17) is 4.98 Å². The molecule has 0 unspecified atom stereocenters. The van der Waals surface area contributed by atoms with Crippen LogP contribution in [0.5, 0.6) is 0 Å². The van der Waals surface area contributed by atoms with E-state index in [1.54, 1.807) is 0 Å². The molecule has 6 heteroatoms. The third-order valence-electron chi connectivity index (χ3n) is 6.96. The molecule has 36 heavy (non-hydrogen) atoms. The summed E-state index contributed by atoms with van der Waals surface area (Å²) >= 11 is 0. The van der Waals surface area contributed by atoms with Crippen molar-refractivity contribution >= 4 is 16.9 Å². The molecule has 2 aromatic heterocycles. The van der Waals surface area contributed by atoms with E-state index in [-0.39, 0.29) is 5.91 Å². The monoisotopic (exact) mass is 475 g/mol. The van der Waals surface area contributed by atoms with Gasteiger partial charge in [-0.3, -0.25) is 9.69 Å². The minimum Gasteiger partial charge on any atom is -0.336 e. The molecule has 3 aromatic carbocycles. The van der Waals surface area contributed by atoms with Crippen LogP contribution in [0.25, 0.3) is 16.7 Å². The number of piperazine rings is 1. The molecular formula is C30H29N5O. The largest absolute Gasteiger partial charge is 0.336 e. The number of hydrogen-bond donors (Lipinski definition) is 0. The maximum absolute atomic E-state index is 13.1. The van der Waals surface area contributed by atoms with Gasteiger partial charge < -0.3 is 14.0 Å². The van der Waals surface area contributed by atoms with Gasteiger partial charge in [-0.05, 0) is 54.1 Å². The maximum Gasteiger partial charge on any atom is 0.253 e. The molecule has 0 N–H and O–H groups in total. The SMILES string of the molecule is O=C(c1ccc(-n2cccc2)cc1)N1CCN(Cc2nc3ccccc3n2Cc2ccccc2)CC1. The Labute approximate surface area is 211 Å². The minimum atomic E-state index is 0.102. The van der Waals surface area contributed by atoms with E-state index in [0.717, 1.165) is 67.4 Å². The Morgan fingerprint density at radius 2 is 1.42 bits per heavy atom. The zero-order valence-corrected chi connectivity index (χ0v) is 20.2. The van der Waals surface area contributed by atoms with Crippen LogP contribution in [-0.2, 0) is 13.1 Å². The molecule has 6 nitrogen and oxygen atoms in total. The molecule has 1 aliphatic heterocycles. The van der Waals surface area contributed by atoms with E-state index >= 15 is 0 Å². The van der Waals surface area contributed by atoms with E-state index in [1.807, 2.05) is 70.4 Å². The number of hydrogen-bond acceptors (Lipinski definition) is 3. The molecule has 0 atom stereocenters. The average Bonchev–Trinajstić information content (AvgIpc) is 3.59. The van der Waals surface area contributed by atoms with Crippen molar-refractivity contribution in [3.63, 3.8) is 0 Å². The highest BCUT2D eigenvalue weighted by atomic mass is 16.2. The number of aromatic nitrogens is 3. The van der Waals surface area contributed by atoms with Gasteiger partial charge in [0.2, 0.25) is 0 Å².